The van der Waals surface area contributed by atoms with E-state index in [0.717, 1.165) is 0 Å². The predicted octanol–water partition coefficient (Wildman–Crippen LogP) is 0.731. The molecule has 1 unspecified atom stereocenters. The van der Waals surface area contributed by atoms with Crippen LogP contribution in [0.25, 0.3) is 0 Å². The van der Waals surface area contributed by atoms with Crippen LogP contribution in [-0.2, 0) is 9.59 Å². The van der Waals surface area contributed by atoms with Gasteiger partial charge in [-0.15, -0.1) is 0 Å². The highest BCUT2D eigenvalue weighted by Gasteiger charge is 2.17. The zero-order chi connectivity index (χ0) is 12.8. The summed E-state index contributed by atoms with van der Waals surface area (Å²) in [7, 11) is 0. The van der Waals surface area contributed by atoms with Crippen molar-refractivity contribution in [1.82, 2.24) is 5.32 Å². The van der Waals surface area contributed by atoms with Gasteiger partial charge in [-0.1, -0.05) is 6.92 Å². The maximum absolute atomic E-state index is 11.4. The van der Waals surface area contributed by atoms with E-state index in [4.69, 9.17) is 10.8 Å². The van der Waals surface area contributed by atoms with Gasteiger partial charge in [0.25, 0.3) is 0 Å². The fraction of sp³-hybridized carbons (Fsp3) is 0.818. The standard InChI is InChI=1S/C11H22N2O3/c1-4-8(10(15)16)7-13-9(14)5-6-11(2,3)12/h8H,4-7,12H2,1-3H3,(H,13,14)(H,15,16). The van der Waals surface area contributed by atoms with Crippen molar-refractivity contribution in [2.45, 2.75) is 45.6 Å². The number of hydrogen-bond acceptors (Lipinski definition) is 3. The summed E-state index contributed by atoms with van der Waals surface area (Å²) in [6.45, 7) is 5.68. The van der Waals surface area contributed by atoms with E-state index < -0.39 is 11.9 Å². The van der Waals surface area contributed by atoms with Gasteiger partial charge in [0.15, 0.2) is 0 Å². The molecule has 4 N–H and O–H groups in total. The summed E-state index contributed by atoms with van der Waals surface area (Å²) in [6, 6.07) is 0. The SMILES string of the molecule is CCC(CNC(=O)CCC(C)(C)N)C(=O)O. The Bertz CT molecular complexity index is 246. The zero-order valence-corrected chi connectivity index (χ0v) is 10.2. The molecule has 5 nitrogen and oxygen atoms in total. The average Bonchev–Trinajstić information content (AvgIpc) is 2.14. The number of amides is 1. The molecule has 0 aromatic carbocycles. The first-order chi connectivity index (χ1) is 7.26. The summed E-state index contributed by atoms with van der Waals surface area (Å²) in [5.74, 6) is -1.52. The average molecular weight is 230 g/mol. The first kappa shape index (κ1) is 14.9. The number of carbonyl (C=O) groups excluding carboxylic acids is 1. The zero-order valence-electron chi connectivity index (χ0n) is 10.2. The summed E-state index contributed by atoms with van der Waals surface area (Å²) in [5, 5.41) is 11.4. The van der Waals surface area contributed by atoms with E-state index in [1.807, 2.05) is 13.8 Å². The molecule has 0 aromatic rings. The second kappa shape index (κ2) is 6.48. The lowest BCUT2D eigenvalue weighted by molar-refractivity contribution is -0.141. The van der Waals surface area contributed by atoms with Crippen LogP contribution in [0.4, 0.5) is 0 Å². The molecule has 0 aliphatic carbocycles. The van der Waals surface area contributed by atoms with Gasteiger partial charge in [-0.05, 0) is 26.7 Å². The van der Waals surface area contributed by atoms with E-state index in [9.17, 15) is 9.59 Å². The predicted molar refractivity (Wildman–Crippen MR) is 61.9 cm³/mol. The molecule has 0 radical (unpaired) electrons. The van der Waals surface area contributed by atoms with Gasteiger partial charge in [0.05, 0.1) is 5.92 Å². The fourth-order valence-corrected chi connectivity index (χ4v) is 1.17. The Hall–Kier alpha value is -1.10. The van der Waals surface area contributed by atoms with Crippen molar-refractivity contribution >= 4 is 11.9 Å². The monoisotopic (exact) mass is 230 g/mol. The molecule has 0 heterocycles. The minimum atomic E-state index is -0.873. The molecule has 1 atom stereocenters. The fourth-order valence-electron chi connectivity index (χ4n) is 1.17. The lowest BCUT2D eigenvalue weighted by atomic mass is 10.00. The summed E-state index contributed by atoms with van der Waals surface area (Å²) >= 11 is 0. The molecule has 1 amide bonds. The normalized spacial score (nSPS) is 13.2. The van der Waals surface area contributed by atoms with Gasteiger partial charge < -0.3 is 16.2 Å². The van der Waals surface area contributed by atoms with Gasteiger partial charge in [0.1, 0.15) is 0 Å². The number of aliphatic carboxylic acids is 1. The largest absolute Gasteiger partial charge is 0.481 e. The third-order valence-electron chi connectivity index (χ3n) is 2.38. The first-order valence-corrected chi connectivity index (χ1v) is 5.54. The lowest BCUT2D eigenvalue weighted by Crippen LogP contribution is -2.36. The van der Waals surface area contributed by atoms with Crippen molar-refractivity contribution in [2.75, 3.05) is 6.54 Å². The number of rotatable bonds is 7. The Morgan fingerprint density at radius 3 is 2.38 bits per heavy atom. The van der Waals surface area contributed by atoms with E-state index in [2.05, 4.69) is 5.32 Å². The third kappa shape index (κ3) is 7.23. The molecule has 0 aromatic heterocycles. The third-order valence-corrected chi connectivity index (χ3v) is 2.38. The van der Waals surface area contributed by atoms with E-state index in [1.54, 1.807) is 6.92 Å². The van der Waals surface area contributed by atoms with E-state index >= 15 is 0 Å². The summed E-state index contributed by atoms with van der Waals surface area (Å²) in [6.07, 6.45) is 1.43. The highest BCUT2D eigenvalue weighted by atomic mass is 16.4. The molecule has 0 saturated carbocycles. The van der Waals surface area contributed by atoms with Crippen molar-refractivity contribution in [1.29, 1.82) is 0 Å². The minimum absolute atomic E-state index is 0.141. The van der Waals surface area contributed by atoms with Gasteiger partial charge in [0, 0.05) is 18.5 Å². The maximum Gasteiger partial charge on any atom is 0.308 e. The first-order valence-electron chi connectivity index (χ1n) is 5.54. The van der Waals surface area contributed by atoms with E-state index in [1.165, 1.54) is 0 Å². The number of nitrogens with two attached hydrogens (primary N) is 1. The Morgan fingerprint density at radius 1 is 1.44 bits per heavy atom. The van der Waals surface area contributed by atoms with Crippen LogP contribution in [0, 0.1) is 5.92 Å². The van der Waals surface area contributed by atoms with Gasteiger partial charge in [-0.2, -0.15) is 0 Å². The van der Waals surface area contributed by atoms with Crippen LogP contribution in [0.2, 0.25) is 0 Å². The Labute approximate surface area is 96.4 Å². The quantitative estimate of drug-likeness (QED) is 0.601. The molecule has 0 aliphatic heterocycles. The number of nitrogens with one attached hydrogen (secondary N) is 1. The molecule has 94 valence electrons. The van der Waals surface area contributed by atoms with Gasteiger partial charge in [-0.25, -0.2) is 0 Å². The number of carbonyl (C=O) groups is 2. The van der Waals surface area contributed by atoms with Crippen LogP contribution in [-0.4, -0.2) is 29.1 Å². The van der Waals surface area contributed by atoms with Crippen molar-refractivity contribution < 1.29 is 14.7 Å². The highest BCUT2D eigenvalue weighted by Crippen LogP contribution is 2.07. The Morgan fingerprint density at radius 2 is 2.00 bits per heavy atom. The van der Waals surface area contributed by atoms with E-state index in [0.29, 0.717) is 19.3 Å². The molecule has 0 saturated heterocycles. The molecular weight excluding hydrogens is 208 g/mol. The topological polar surface area (TPSA) is 92.4 Å². The number of hydrogen-bond donors (Lipinski definition) is 3. The smallest absolute Gasteiger partial charge is 0.308 e. The summed E-state index contributed by atoms with van der Waals surface area (Å²) < 4.78 is 0. The number of carboxylic acids is 1. The van der Waals surface area contributed by atoms with Crippen molar-refractivity contribution in [3.63, 3.8) is 0 Å². The number of carboxylic acid groups (broad SMARTS) is 1. The second-order valence-corrected chi connectivity index (χ2v) is 4.74. The molecule has 0 aliphatic rings. The second-order valence-electron chi connectivity index (χ2n) is 4.74. The van der Waals surface area contributed by atoms with Crippen LogP contribution < -0.4 is 11.1 Å². The van der Waals surface area contributed by atoms with Crippen molar-refractivity contribution in [3.05, 3.63) is 0 Å². The van der Waals surface area contributed by atoms with Crippen molar-refractivity contribution in [2.24, 2.45) is 11.7 Å². The molecular formula is C11H22N2O3. The van der Waals surface area contributed by atoms with Gasteiger partial charge in [0.2, 0.25) is 5.91 Å². The van der Waals surface area contributed by atoms with Gasteiger partial charge >= 0.3 is 5.97 Å². The Balaban J connectivity index is 3.85. The lowest BCUT2D eigenvalue weighted by Gasteiger charge is -2.18. The minimum Gasteiger partial charge on any atom is -0.481 e. The van der Waals surface area contributed by atoms with Crippen LogP contribution in [0.15, 0.2) is 0 Å². The molecule has 0 bridgehead atoms. The van der Waals surface area contributed by atoms with Gasteiger partial charge in [-0.3, -0.25) is 9.59 Å². The Kier molecular flexibility index (Phi) is 6.03. The summed E-state index contributed by atoms with van der Waals surface area (Å²) in [4.78, 5) is 22.1. The molecule has 16 heavy (non-hydrogen) atoms. The summed E-state index contributed by atoms with van der Waals surface area (Å²) in [5.41, 5.74) is 5.37. The van der Waals surface area contributed by atoms with Crippen LogP contribution >= 0.6 is 0 Å². The van der Waals surface area contributed by atoms with E-state index in [-0.39, 0.29) is 18.0 Å². The molecule has 0 fully saturated rings. The van der Waals surface area contributed by atoms with Crippen LogP contribution in [0.1, 0.15) is 40.0 Å². The molecule has 0 rings (SSSR count). The van der Waals surface area contributed by atoms with Crippen LogP contribution in [0.5, 0.6) is 0 Å². The molecule has 5 heteroatoms. The van der Waals surface area contributed by atoms with Crippen molar-refractivity contribution in [3.8, 4) is 0 Å². The molecule has 0 spiro atoms. The maximum atomic E-state index is 11.4. The van der Waals surface area contributed by atoms with Crippen LogP contribution in [0.3, 0.4) is 0 Å². The highest BCUT2D eigenvalue weighted by molar-refractivity contribution is 5.77.